The van der Waals surface area contributed by atoms with Gasteiger partial charge in [-0.2, -0.15) is 0 Å². The van der Waals surface area contributed by atoms with Gasteiger partial charge in [-0.05, 0) is 70.8 Å². The fraction of sp³-hybridized carbons (Fsp3) is 0.167. The first kappa shape index (κ1) is 36.2. The topological polar surface area (TPSA) is 278 Å². The second-order valence-electron chi connectivity index (χ2n) is 11.6. The van der Waals surface area contributed by atoms with Crippen molar-refractivity contribution in [2.45, 2.75) is 37.1 Å². The molecule has 1 unspecified atom stereocenters. The van der Waals surface area contributed by atoms with Crippen molar-refractivity contribution >= 4 is 30.0 Å². The monoisotopic (exact) mass is 718 g/mol. The van der Waals surface area contributed by atoms with Gasteiger partial charge < -0.3 is 60.2 Å². The van der Waals surface area contributed by atoms with E-state index in [4.69, 9.17) is 14.2 Å². The van der Waals surface area contributed by atoms with Crippen molar-refractivity contribution in [3.8, 4) is 46.0 Å². The van der Waals surface area contributed by atoms with Gasteiger partial charge in [0.2, 0.25) is 12.2 Å². The van der Waals surface area contributed by atoms with Gasteiger partial charge in [0.25, 0.3) is 0 Å². The summed E-state index contributed by atoms with van der Waals surface area (Å²) in [5.74, 6) is -10.8. The highest BCUT2D eigenvalue weighted by molar-refractivity contribution is 5.92. The Morgan fingerprint density at radius 3 is 1.65 bits per heavy atom. The number of carboxylic acids is 2. The summed E-state index contributed by atoms with van der Waals surface area (Å²) in [6.45, 7) is 0. The molecule has 1 aliphatic rings. The van der Waals surface area contributed by atoms with Crippen molar-refractivity contribution in [2.75, 3.05) is 0 Å². The number of carbonyl (C=O) groups excluding carboxylic acids is 2. The second kappa shape index (κ2) is 14.8. The Balaban J connectivity index is 1.47. The van der Waals surface area contributed by atoms with Crippen LogP contribution in [0, 0.1) is 0 Å². The van der Waals surface area contributed by atoms with E-state index in [1.165, 1.54) is 24.3 Å². The molecule has 1 aliphatic heterocycles. The lowest BCUT2D eigenvalue weighted by molar-refractivity contribution is -0.166. The van der Waals surface area contributed by atoms with E-state index in [0.717, 1.165) is 54.6 Å². The number of phenolic OH excluding ortho intramolecular Hbond substituents is 7. The van der Waals surface area contributed by atoms with Crippen LogP contribution in [0.25, 0.3) is 6.08 Å². The van der Waals surface area contributed by atoms with Crippen LogP contribution in [0.4, 0.5) is 0 Å². The Morgan fingerprint density at radius 2 is 1.13 bits per heavy atom. The van der Waals surface area contributed by atoms with Crippen LogP contribution in [0.5, 0.6) is 46.0 Å². The van der Waals surface area contributed by atoms with E-state index < -0.39 is 94.8 Å². The van der Waals surface area contributed by atoms with Crippen molar-refractivity contribution < 1.29 is 79.3 Å². The van der Waals surface area contributed by atoms with Gasteiger partial charge in [-0.1, -0.05) is 24.3 Å². The van der Waals surface area contributed by atoms with E-state index in [1.54, 1.807) is 0 Å². The van der Waals surface area contributed by atoms with Crippen molar-refractivity contribution in [3.63, 3.8) is 0 Å². The molecule has 0 spiro atoms. The van der Waals surface area contributed by atoms with Crippen LogP contribution in [0.2, 0.25) is 0 Å². The Hall–Kier alpha value is -7.10. The van der Waals surface area contributed by atoms with Gasteiger partial charge >= 0.3 is 23.9 Å². The van der Waals surface area contributed by atoms with Gasteiger partial charge in [-0.25, -0.2) is 14.4 Å². The molecule has 0 radical (unpaired) electrons. The van der Waals surface area contributed by atoms with Gasteiger partial charge in [0.1, 0.15) is 12.0 Å². The predicted octanol–water partition coefficient (Wildman–Crippen LogP) is 3.33. The first-order valence-corrected chi connectivity index (χ1v) is 15.2. The number of hydrogen-bond acceptors (Lipinski definition) is 14. The number of aromatic hydroxyl groups is 7. The molecule has 0 bridgehead atoms. The van der Waals surface area contributed by atoms with Crippen molar-refractivity contribution in [1.82, 2.24) is 0 Å². The molecule has 9 N–H and O–H groups in total. The minimum absolute atomic E-state index is 0.0443. The molecule has 0 saturated heterocycles. The fourth-order valence-corrected chi connectivity index (χ4v) is 5.49. The molecule has 16 nitrogen and oxygen atoms in total. The van der Waals surface area contributed by atoms with Gasteiger partial charge in [0, 0.05) is 24.5 Å². The summed E-state index contributed by atoms with van der Waals surface area (Å²) in [7, 11) is 0. The number of esters is 2. The lowest BCUT2D eigenvalue weighted by Crippen LogP contribution is -2.33. The Labute approximate surface area is 292 Å². The van der Waals surface area contributed by atoms with Crippen molar-refractivity contribution in [3.05, 3.63) is 101 Å². The molecular weight excluding hydrogens is 688 g/mol. The maximum absolute atomic E-state index is 13.9. The van der Waals surface area contributed by atoms with E-state index in [-0.39, 0.29) is 40.0 Å². The maximum atomic E-state index is 13.9. The van der Waals surface area contributed by atoms with Crippen LogP contribution in [0.3, 0.4) is 0 Å². The summed E-state index contributed by atoms with van der Waals surface area (Å²) >= 11 is 0. The molecule has 0 aliphatic carbocycles. The quantitative estimate of drug-likeness (QED) is 0.0577. The van der Waals surface area contributed by atoms with Crippen LogP contribution in [0.1, 0.15) is 39.8 Å². The highest BCUT2D eigenvalue weighted by atomic mass is 16.6. The summed E-state index contributed by atoms with van der Waals surface area (Å²) in [5, 5.41) is 89.1. The predicted molar refractivity (Wildman–Crippen MR) is 175 cm³/mol. The van der Waals surface area contributed by atoms with Gasteiger partial charge in [0.15, 0.2) is 46.0 Å². The van der Waals surface area contributed by atoms with Crippen LogP contribution < -0.4 is 4.74 Å². The first-order valence-electron chi connectivity index (χ1n) is 15.2. The molecule has 0 amide bonds. The van der Waals surface area contributed by atoms with Crippen LogP contribution in [-0.2, 0) is 41.5 Å². The molecular formula is C36H30O16. The van der Waals surface area contributed by atoms with Crippen molar-refractivity contribution in [2.24, 2.45) is 0 Å². The Kier molecular flexibility index (Phi) is 10.3. The molecule has 52 heavy (non-hydrogen) atoms. The summed E-state index contributed by atoms with van der Waals surface area (Å²) in [5.41, 5.74) is 0.445. The largest absolute Gasteiger partial charge is 0.504 e. The average Bonchev–Trinajstić information content (AvgIpc) is 3.50. The summed E-state index contributed by atoms with van der Waals surface area (Å²) in [6.07, 6.45) is -3.85. The van der Waals surface area contributed by atoms with E-state index in [2.05, 4.69) is 0 Å². The number of hydrogen-bond donors (Lipinski definition) is 9. The third-order valence-electron chi connectivity index (χ3n) is 8.04. The van der Waals surface area contributed by atoms with Gasteiger partial charge in [0.05, 0.1) is 0 Å². The molecule has 4 aromatic carbocycles. The maximum Gasteiger partial charge on any atom is 0.345 e. The first-order chi connectivity index (χ1) is 24.6. The van der Waals surface area contributed by atoms with E-state index in [0.29, 0.717) is 0 Å². The second-order valence-corrected chi connectivity index (χ2v) is 11.6. The Morgan fingerprint density at radius 1 is 0.635 bits per heavy atom. The lowest BCUT2D eigenvalue weighted by Gasteiger charge is -2.22. The molecule has 4 aromatic rings. The highest BCUT2D eigenvalue weighted by Gasteiger charge is 2.46. The fourth-order valence-electron chi connectivity index (χ4n) is 5.49. The molecule has 16 heteroatoms. The molecule has 0 saturated carbocycles. The zero-order valence-corrected chi connectivity index (χ0v) is 26.6. The van der Waals surface area contributed by atoms with Crippen LogP contribution >= 0.6 is 0 Å². The third kappa shape index (κ3) is 7.86. The summed E-state index contributed by atoms with van der Waals surface area (Å²) in [4.78, 5) is 50.9. The van der Waals surface area contributed by atoms with E-state index >= 15 is 0 Å². The molecule has 5 rings (SSSR count). The average molecular weight is 719 g/mol. The van der Waals surface area contributed by atoms with E-state index in [9.17, 15) is 65.1 Å². The third-order valence-corrected chi connectivity index (χ3v) is 8.04. The number of phenols is 7. The Bertz CT molecular complexity index is 2090. The highest BCUT2D eigenvalue weighted by Crippen LogP contribution is 2.53. The number of ether oxygens (including phenoxy) is 3. The zero-order valence-electron chi connectivity index (χ0n) is 26.6. The number of fused-ring (bicyclic) bond motifs is 1. The standard InChI is InChI=1S/C36H30O16/c37-20-6-1-16(11-24(20)41)13-27(34(45)46)50-29(44)10-5-18-3-9-23(40)33-30(18)31(32(52-33)19-4-8-22(39)26(43)15-19)36(49)51-28(35(47)48)14-17-2-7-21(38)25(42)12-17/h1-12,15,27-28,31-32,37-43H,13-14H2,(H,45,46)(H,47,48)/b10-5+/t27?,28-,31-,32+/m1/s1. The van der Waals surface area contributed by atoms with Gasteiger partial charge in [-0.15, -0.1) is 0 Å². The summed E-state index contributed by atoms with van der Waals surface area (Å²) in [6, 6.07) is 13.0. The summed E-state index contributed by atoms with van der Waals surface area (Å²) < 4.78 is 16.5. The van der Waals surface area contributed by atoms with Crippen LogP contribution in [0.15, 0.2) is 72.8 Å². The minimum atomic E-state index is -1.84. The lowest BCUT2D eigenvalue weighted by atomic mass is 9.87. The molecule has 1 heterocycles. The molecule has 270 valence electrons. The number of rotatable bonds is 12. The number of aliphatic carboxylic acids is 2. The van der Waals surface area contributed by atoms with Gasteiger partial charge in [-0.3, -0.25) is 4.79 Å². The van der Waals surface area contributed by atoms with Crippen molar-refractivity contribution in [1.29, 1.82) is 0 Å². The number of carboxylic acid groups (broad SMARTS) is 2. The molecule has 0 aromatic heterocycles. The number of benzene rings is 4. The SMILES string of the molecule is O=C(/C=C/c1ccc(O)c2c1[C@@H](C(=O)O[C@H](Cc1ccc(O)c(O)c1)C(=O)O)[C@H](c1ccc(O)c(O)c1)O2)OC(Cc1ccc(O)c(O)c1)C(=O)O. The van der Waals surface area contributed by atoms with Crippen LogP contribution in [-0.4, -0.2) is 82.0 Å². The molecule has 4 atom stereocenters. The number of carbonyl (C=O) groups is 4. The smallest absolute Gasteiger partial charge is 0.345 e. The van der Waals surface area contributed by atoms with E-state index in [1.807, 2.05) is 0 Å². The normalized spacial score (nSPS) is 16.0. The molecule has 0 fully saturated rings. The zero-order chi connectivity index (χ0) is 37.9. The minimum Gasteiger partial charge on any atom is -0.504 e.